The van der Waals surface area contributed by atoms with Crippen molar-refractivity contribution in [2.45, 2.75) is 6.92 Å². The third-order valence-electron chi connectivity index (χ3n) is 3.09. The molecular formula is C16H15N3O4S. The molecule has 0 radical (unpaired) electrons. The molecular weight excluding hydrogens is 330 g/mol. The minimum atomic E-state index is -0.276. The number of aryl methyl sites for hydroxylation is 1. The van der Waals surface area contributed by atoms with E-state index in [0.717, 1.165) is 5.75 Å². The second-order valence-corrected chi connectivity index (χ2v) is 5.74. The van der Waals surface area contributed by atoms with E-state index >= 15 is 0 Å². The van der Waals surface area contributed by atoms with Gasteiger partial charge in [0.25, 0.3) is 11.8 Å². The highest BCUT2D eigenvalue weighted by Crippen LogP contribution is 2.32. The standard InChI is InChI=1S/C16H15N3O4S/c1-10-17-16(23-19-10)15-13(7-8-24-15)18-14(20)9-22-12-5-3-11(21-2)4-6-12/h3-8H,9H2,1-2H3,(H,18,20). The number of carbonyl (C=O) groups excluding carboxylic acids is 1. The van der Waals surface area contributed by atoms with Crippen molar-refractivity contribution in [2.75, 3.05) is 19.0 Å². The summed E-state index contributed by atoms with van der Waals surface area (Å²) in [6.07, 6.45) is 0. The van der Waals surface area contributed by atoms with Gasteiger partial charge in [0.05, 0.1) is 12.8 Å². The highest BCUT2D eigenvalue weighted by molar-refractivity contribution is 7.14. The molecule has 0 aliphatic heterocycles. The molecule has 0 bridgehead atoms. The molecule has 0 atom stereocenters. The van der Waals surface area contributed by atoms with E-state index in [9.17, 15) is 4.79 Å². The van der Waals surface area contributed by atoms with Crippen LogP contribution in [0.25, 0.3) is 10.8 Å². The first-order chi connectivity index (χ1) is 11.7. The van der Waals surface area contributed by atoms with Crippen molar-refractivity contribution in [1.82, 2.24) is 10.1 Å². The number of methoxy groups -OCH3 is 1. The number of rotatable bonds is 6. The Hall–Kier alpha value is -2.87. The molecule has 2 heterocycles. The van der Waals surface area contributed by atoms with Crippen LogP contribution >= 0.6 is 11.3 Å². The number of hydrogen-bond donors (Lipinski definition) is 1. The molecule has 1 N–H and O–H groups in total. The highest BCUT2D eigenvalue weighted by Gasteiger charge is 2.15. The first kappa shape index (κ1) is 16.0. The van der Waals surface area contributed by atoms with Gasteiger partial charge in [-0.05, 0) is 42.6 Å². The number of anilines is 1. The zero-order valence-corrected chi connectivity index (χ0v) is 13.9. The Bertz CT molecular complexity index is 826. The summed E-state index contributed by atoms with van der Waals surface area (Å²) in [4.78, 5) is 17.0. The quantitative estimate of drug-likeness (QED) is 0.738. The van der Waals surface area contributed by atoms with Crippen LogP contribution in [-0.2, 0) is 4.79 Å². The van der Waals surface area contributed by atoms with Gasteiger partial charge in [0.2, 0.25) is 0 Å². The van der Waals surface area contributed by atoms with Crippen LogP contribution < -0.4 is 14.8 Å². The molecule has 8 heteroatoms. The van der Waals surface area contributed by atoms with Gasteiger partial charge >= 0.3 is 0 Å². The Morgan fingerprint density at radius 2 is 2.00 bits per heavy atom. The van der Waals surface area contributed by atoms with Crippen LogP contribution in [0.5, 0.6) is 11.5 Å². The van der Waals surface area contributed by atoms with Crippen molar-refractivity contribution in [3.63, 3.8) is 0 Å². The number of carbonyl (C=O) groups is 1. The lowest BCUT2D eigenvalue weighted by Gasteiger charge is -2.08. The molecule has 0 aliphatic carbocycles. The van der Waals surface area contributed by atoms with E-state index in [-0.39, 0.29) is 12.5 Å². The first-order valence-electron chi connectivity index (χ1n) is 7.10. The Labute approximate surface area is 142 Å². The third-order valence-corrected chi connectivity index (χ3v) is 3.99. The van der Waals surface area contributed by atoms with E-state index in [1.807, 2.05) is 5.38 Å². The predicted octanol–water partition coefficient (Wildman–Crippen LogP) is 3.13. The van der Waals surface area contributed by atoms with Crippen LogP contribution in [0.4, 0.5) is 5.69 Å². The van der Waals surface area contributed by atoms with E-state index in [1.54, 1.807) is 44.4 Å². The van der Waals surface area contributed by atoms with E-state index in [1.165, 1.54) is 11.3 Å². The number of ether oxygens (including phenoxy) is 2. The van der Waals surface area contributed by atoms with Crippen LogP contribution in [0.15, 0.2) is 40.2 Å². The number of hydrogen-bond acceptors (Lipinski definition) is 7. The average molecular weight is 345 g/mol. The Morgan fingerprint density at radius 1 is 1.25 bits per heavy atom. The van der Waals surface area contributed by atoms with Gasteiger partial charge in [-0.15, -0.1) is 11.3 Å². The zero-order valence-electron chi connectivity index (χ0n) is 13.1. The predicted molar refractivity (Wildman–Crippen MR) is 89.5 cm³/mol. The topological polar surface area (TPSA) is 86.5 Å². The molecule has 1 aromatic carbocycles. The van der Waals surface area contributed by atoms with E-state index in [4.69, 9.17) is 14.0 Å². The molecule has 3 rings (SSSR count). The molecule has 1 amide bonds. The molecule has 2 aromatic heterocycles. The molecule has 124 valence electrons. The van der Waals surface area contributed by atoms with Crippen LogP contribution in [0, 0.1) is 6.92 Å². The van der Waals surface area contributed by atoms with Crippen LogP contribution in [0.2, 0.25) is 0 Å². The fraction of sp³-hybridized carbons (Fsp3) is 0.188. The minimum absolute atomic E-state index is 0.107. The van der Waals surface area contributed by atoms with Gasteiger partial charge in [-0.1, -0.05) is 5.16 Å². The van der Waals surface area contributed by atoms with Crippen molar-refractivity contribution < 1.29 is 18.8 Å². The SMILES string of the molecule is COc1ccc(OCC(=O)Nc2ccsc2-c2nc(C)no2)cc1. The maximum Gasteiger partial charge on any atom is 0.270 e. The minimum Gasteiger partial charge on any atom is -0.497 e. The number of nitrogens with one attached hydrogen (secondary N) is 1. The van der Waals surface area contributed by atoms with E-state index in [0.29, 0.717) is 28.0 Å². The normalized spacial score (nSPS) is 10.4. The number of benzene rings is 1. The van der Waals surface area contributed by atoms with Gasteiger partial charge in [-0.25, -0.2) is 0 Å². The summed E-state index contributed by atoms with van der Waals surface area (Å²) in [5.74, 6) is 1.96. The fourth-order valence-corrected chi connectivity index (χ4v) is 2.74. The summed E-state index contributed by atoms with van der Waals surface area (Å²) in [7, 11) is 1.59. The molecule has 0 unspecified atom stereocenters. The highest BCUT2D eigenvalue weighted by atomic mass is 32.1. The van der Waals surface area contributed by atoms with Crippen LogP contribution in [0.1, 0.15) is 5.82 Å². The largest absolute Gasteiger partial charge is 0.497 e. The summed E-state index contributed by atoms with van der Waals surface area (Å²) in [6.45, 7) is 1.63. The fourth-order valence-electron chi connectivity index (χ4n) is 1.97. The molecule has 0 aliphatic rings. The van der Waals surface area contributed by atoms with Crippen molar-refractivity contribution in [2.24, 2.45) is 0 Å². The lowest BCUT2D eigenvalue weighted by molar-refractivity contribution is -0.118. The maximum atomic E-state index is 12.1. The Kier molecular flexibility index (Phi) is 4.76. The van der Waals surface area contributed by atoms with Crippen LogP contribution in [-0.4, -0.2) is 29.8 Å². The molecule has 24 heavy (non-hydrogen) atoms. The van der Waals surface area contributed by atoms with Gasteiger partial charge in [0, 0.05) is 0 Å². The summed E-state index contributed by atoms with van der Waals surface area (Å²) >= 11 is 1.41. The molecule has 3 aromatic rings. The summed E-state index contributed by atoms with van der Waals surface area (Å²) in [6, 6.07) is 8.79. The number of thiophene rings is 1. The summed E-state index contributed by atoms with van der Waals surface area (Å²) < 4.78 is 15.7. The molecule has 0 saturated heterocycles. The van der Waals surface area contributed by atoms with E-state index in [2.05, 4.69) is 15.5 Å². The summed E-state index contributed by atoms with van der Waals surface area (Å²) in [5.41, 5.74) is 0.618. The number of nitrogens with zero attached hydrogens (tertiary/aromatic N) is 2. The average Bonchev–Trinajstić information content (AvgIpc) is 3.22. The smallest absolute Gasteiger partial charge is 0.270 e. The number of amides is 1. The second-order valence-electron chi connectivity index (χ2n) is 4.82. The van der Waals surface area contributed by atoms with Gasteiger partial charge in [0.1, 0.15) is 16.4 Å². The van der Waals surface area contributed by atoms with Crippen molar-refractivity contribution in [3.05, 3.63) is 41.5 Å². The van der Waals surface area contributed by atoms with Crippen molar-refractivity contribution in [3.8, 4) is 22.3 Å². The third kappa shape index (κ3) is 3.72. The van der Waals surface area contributed by atoms with Gasteiger partial charge < -0.3 is 19.3 Å². The zero-order chi connectivity index (χ0) is 16.9. The molecule has 0 saturated carbocycles. The molecule has 0 fully saturated rings. The monoisotopic (exact) mass is 345 g/mol. The lowest BCUT2D eigenvalue weighted by Crippen LogP contribution is -2.20. The summed E-state index contributed by atoms with van der Waals surface area (Å²) in [5, 5.41) is 8.38. The van der Waals surface area contributed by atoms with Gasteiger partial charge in [0.15, 0.2) is 12.4 Å². The Balaban J connectivity index is 1.60. The maximum absolute atomic E-state index is 12.1. The molecule has 0 spiro atoms. The van der Waals surface area contributed by atoms with E-state index < -0.39 is 0 Å². The van der Waals surface area contributed by atoms with Gasteiger partial charge in [-0.2, -0.15) is 4.98 Å². The number of aromatic nitrogens is 2. The molecule has 7 nitrogen and oxygen atoms in total. The lowest BCUT2D eigenvalue weighted by atomic mass is 10.3. The Morgan fingerprint density at radius 3 is 2.67 bits per heavy atom. The van der Waals surface area contributed by atoms with Crippen molar-refractivity contribution in [1.29, 1.82) is 0 Å². The van der Waals surface area contributed by atoms with Crippen molar-refractivity contribution >= 4 is 22.9 Å². The van der Waals surface area contributed by atoms with Crippen LogP contribution in [0.3, 0.4) is 0 Å². The second kappa shape index (κ2) is 7.14. The van der Waals surface area contributed by atoms with Gasteiger partial charge in [-0.3, -0.25) is 4.79 Å². The first-order valence-corrected chi connectivity index (χ1v) is 7.98.